The third kappa shape index (κ3) is 7.54. The molecule has 0 bridgehead atoms. The number of nitrogens with one attached hydrogen (secondary N) is 2. The zero-order valence-electron chi connectivity index (χ0n) is 26.3. The SMILES string of the molecule is CCc1cc(Nc2ncc(Br)c(Nc3ccc(C)cc3P(C)(C)=O)n2)c(OC)cc1N1CCC(N2CCN(C)CC2)CC1. The van der Waals surface area contributed by atoms with E-state index in [2.05, 4.69) is 72.4 Å². The molecule has 9 nitrogen and oxygen atoms in total. The van der Waals surface area contributed by atoms with Crippen LogP contribution in [0.3, 0.4) is 0 Å². The van der Waals surface area contributed by atoms with Gasteiger partial charge in [0.05, 0.1) is 23.0 Å². The van der Waals surface area contributed by atoms with Crippen molar-refractivity contribution in [1.29, 1.82) is 0 Å². The Bertz CT molecular complexity index is 1480. The van der Waals surface area contributed by atoms with Crippen molar-refractivity contribution in [2.45, 2.75) is 39.2 Å². The third-order valence-electron chi connectivity index (χ3n) is 8.62. The maximum Gasteiger partial charge on any atom is 0.229 e. The summed E-state index contributed by atoms with van der Waals surface area (Å²) >= 11 is 3.58. The lowest BCUT2D eigenvalue weighted by Gasteiger charge is -2.43. The van der Waals surface area contributed by atoms with E-state index in [-0.39, 0.29) is 0 Å². The number of piperazine rings is 1. The first-order valence-corrected chi connectivity index (χ1v) is 18.6. The fourth-order valence-electron chi connectivity index (χ4n) is 6.07. The number of hydrogen-bond donors (Lipinski definition) is 2. The Hall–Kier alpha value is -2.65. The van der Waals surface area contributed by atoms with E-state index in [4.69, 9.17) is 9.72 Å². The van der Waals surface area contributed by atoms with E-state index in [0.717, 1.165) is 60.6 Å². The molecule has 1 aromatic heterocycles. The van der Waals surface area contributed by atoms with E-state index in [1.807, 2.05) is 25.1 Å². The van der Waals surface area contributed by atoms with Crippen LogP contribution in [0.4, 0.5) is 28.8 Å². The zero-order valence-corrected chi connectivity index (χ0v) is 28.8. The fourth-order valence-corrected chi connectivity index (χ4v) is 7.59. The maximum atomic E-state index is 13.0. The van der Waals surface area contributed by atoms with Crippen LogP contribution in [0.2, 0.25) is 0 Å². The summed E-state index contributed by atoms with van der Waals surface area (Å²) in [5.41, 5.74) is 5.18. The number of aryl methyl sites for hydroxylation is 2. The largest absolute Gasteiger partial charge is 0.494 e. The Labute approximate surface area is 264 Å². The minimum atomic E-state index is -2.51. The number of nitrogens with zero attached hydrogens (tertiary/aromatic N) is 5. The molecule has 0 aliphatic carbocycles. The quantitative estimate of drug-likeness (QED) is 0.264. The summed E-state index contributed by atoms with van der Waals surface area (Å²) in [6, 6.07) is 10.9. The number of ether oxygens (including phenoxy) is 1. The minimum Gasteiger partial charge on any atom is -0.494 e. The second-order valence-electron chi connectivity index (χ2n) is 12.1. The number of piperidine rings is 1. The highest BCUT2D eigenvalue weighted by atomic mass is 79.9. The summed E-state index contributed by atoms with van der Waals surface area (Å²) in [5, 5.41) is 7.57. The average molecular weight is 671 g/mol. The molecule has 2 saturated heterocycles. The second kappa shape index (κ2) is 13.6. The van der Waals surface area contributed by atoms with Gasteiger partial charge in [0, 0.05) is 68.6 Å². The molecule has 0 radical (unpaired) electrons. The van der Waals surface area contributed by atoms with E-state index in [1.54, 1.807) is 26.6 Å². The van der Waals surface area contributed by atoms with Gasteiger partial charge in [0.15, 0.2) is 0 Å². The van der Waals surface area contributed by atoms with Crippen LogP contribution >= 0.6 is 23.1 Å². The standard InChI is InChI=1S/C32H45BrN7O2P/c1-7-23-19-27(29(42-4)20-28(23)40-12-10-24(11-13-40)39-16-14-38(3)15-17-39)36-32-34-21-25(33)31(37-32)35-26-9-8-22(2)18-30(26)43(5,6)41/h8-9,18-21,24H,7,10-17H2,1-6H3,(H2,34,35,36,37). The molecular weight excluding hydrogens is 625 g/mol. The summed E-state index contributed by atoms with van der Waals surface area (Å²) in [7, 11) is 1.41. The Morgan fingerprint density at radius 3 is 2.40 bits per heavy atom. The van der Waals surface area contributed by atoms with Crippen LogP contribution < -0.4 is 25.6 Å². The van der Waals surface area contributed by atoms with E-state index < -0.39 is 7.14 Å². The molecule has 2 N–H and O–H groups in total. The van der Waals surface area contributed by atoms with Gasteiger partial charge in [-0.05, 0) is 86.3 Å². The first-order chi connectivity index (χ1) is 20.5. The molecule has 3 heterocycles. The van der Waals surface area contributed by atoms with Gasteiger partial charge < -0.3 is 29.7 Å². The maximum absolute atomic E-state index is 13.0. The summed E-state index contributed by atoms with van der Waals surface area (Å²) < 4.78 is 19.6. The van der Waals surface area contributed by atoms with E-state index >= 15 is 0 Å². The fraction of sp³-hybridized carbons (Fsp3) is 0.500. The molecule has 43 heavy (non-hydrogen) atoms. The molecule has 2 fully saturated rings. The van der Waals surface area contributed by atoms with Crippen LogP contribution in [0.1, 0.15) is 30.9 Å². The molecule has 11 heteroatoms. The molecule has 2 aliphatic rings. The summed E-state index contributed by atoms with van der Waals surface area (Å²) in [6.07, 6.45) is 5.00. The number of aromatic nitrogens is 2. The summed E-state index contributed by atoms with van der Waals surface area (Å²) in [5.74, 6) is 1.79. The van der Waals surface area contributed by atoms with Gasteiger partial charge in [0.1, 0.15) is 18.7 Å². The van der Waals surface area contributed by atoms with E-state index in [0.29, 0.717) is 22.3 Å². The van der Waals surface area contributed by atoms with Gasteiger partial charge in [0.2, 0.25) is 5.95 Å². The molecule has 3 aromatic rings. The number of likely N-dealkylation sites (N-methyl/N-ethyl adjacent to an activating group) is 1. The Balaban J connectivity index is 1.34. The molecule has 0 saturated carbocycles. The van der Waals surface area contributed by atoms with Gasteiger partial charge >= 0.3 is 0 Å². The van der Waals surface area contributed by atoms with Crippen molar-refractivity contribution in [3.63, 3.8) is 0 Å². The molecular formula is C32H45BrN7O2P. The lowest BCUT2D eigenvalue weighted by molar-refractivity contribution is 0.0982. The topological polar surface area (TPSA) is 85.9 Å². The van der Waals surface area contributed by atoms with Crippen LogP contribution in [0.5, 0.6) is 5.75 Å². The van der Waals surface area contributed by atoms with Crippen molar-refractivity contribution in [1.82, 2.24) is 19.8 Å². The Morgan fingerprint density at radius 2 is 1.74 bits per heavy atom. The number of anilines is 5. The Morgan fingerprint density at radius 1 is 1.02 bits per heavy atom. The van der Waals surface area contributed by atoms with E-state index in [1.165, 1.54) is 37.2 Å². The number of halogens is 1. The molecule has 232 valence electrons. The normalized spacial score (nSPS) is 17.2. The van der Waals surface area contributed by atoms with Crippen molar-refractivity contribution in [2.24, 2.45) is 0 Å². The minimum absolute atomic E-state index is 0.441. The van der Waals surface area contributed by atoms with Crippen LogP contribution in [-0.4, -0.2) is 92.6 Å². The number of benzene rings is 2. The van der Waals surface area contributed by atoms with Crippen LogP contribution in [0.15, 0.2) is 41.0 Å². The predicted molar refractivity (Wildman–Crippen MR) is 183 cm³/mol. The van der Waals surface area contributed by atoms with Gasteiger partial charge in [-0.25, -0.2) is 4.98 Å². The van der Waals surface area contributed by atoms with Gasteiger partial charge in [-0.1, -0.05) is 18.6 Å². The smallest absolute Gasteiger partial charge is 0.229 e. The molecule has 0 spiro atoms. The van der Waals surface area contributed by atoms with Crippen molar-refractivity contribution in [3.05, 3.63) is 52.1 Å². The van der Waals surface area contributed by atoms with Crippen LogP contribution in [-0.2, 0) is 11.0 Å². The molecule has 0 atom stereocenters. The molecule has 5 rings (SSSR count). The zero-order chi connectivity index (χ0) is 30.7. The number of hydrogen-bond acceptors (Lipinski definition) is 9. The predicted octanol–water partition coefficient (Wildman–Crippen LogP) is 6.07. The van der Waals surface area contributed by atoms with Gasteiger partial charge in [-0.2, -0.15) is 4.98 Å². The van der Waals surface area contributed by atoms with Crippen molar-refractivity contribution < 1.29 is 9.30 Å². The van der Waals surface area contributed by atoms with Gasteiger partial charge in [0.25, 0.3) is 0 Å². The summed E-state index contributed by atoms with van der Waals surface area (Å²) in [4.78, 5) is 16.9. The first kappa shape index (κ1) is 31.8. The lowest BCUT2D eigenvalue weighted by Crippen LogP contribution is -2.52. The van der Waals surface area contributed by atoms with E-state index in [9.17, 15) is 4.57 Å². The second-order valence-corrected chi connectivity index (χ2v) is 16.1. The van der Waals surface area contributed by atoms with Crippen molar-refractivity contribution >= 4 is 57.2 Å². The highest BCUT2D eigenvalue weighted by Crippen LogP contribution is 2.40. The molecule has 0 unspecified atom stereocenters. The summed E-state index contributed by atoms with van der Waals surface area (Å²) in [6.45, 7) is 14.6. The molecule has 0 amide bonds. The molecule has 2 aromatic carbocycles. The van der Waals surface area contributed by atoms with Crippen LogP contribution in [0.25, 0.3) is 0 Å². The average Bonchev–Trinajstić information content (AvgIpc) is 2.99. The monoisotopic (exact) mass is 669 g/mol. The van der Waals surface area contributed by atoms with Crippen molar-refractivity contribution in [2.75, 3.05) is 82.3 Å². The third-order valence-corrected chi connectivity index (χ3v) is 10.7. The highest BCUT2D eigenvalue weighted by Gasteiger charge is 2.28. The Kier molecular flexibility index (Phi) is 10.0. The van der Waals surface area contributed by atoms with Gasteiger partial charge in [-0.3, -0.25) is 4.90 Å². The lowest BCUT2D eigenvalue weighted by atomic mass is 9.99. The van der Waals surface area contributed by atoms with Gasteiger partial charge in [-0.15, -0.1) is 0 Å². The first-order valence-electron chi connectivity index (χ1n) is 15.2. The van der Waals surface area contributed by atoms with Crippen molar-refractivity contribution in [3.8, 4) is 5.75 Å². The molecule has 2 aliphatic heterocycles. The number of rotatable bonds is 9. The highest BCUT2D eigenvalue weighted by molar-refractivity contribution is 9.10. The number of methoxy groups -OCH3 is 1. The van der Waals surface area contributed by atoms with Crippen LogP contribution in [0, 0.1) is 6.92 Å².